The number of benzene rings is 1. The van der Waals surface area contributed by atoms with E-state index in [9.17, 15) is 23.8 Å². The van der Waals surface area contributed by atoms with Crippen LogP contribution in [0.5, 0.6) is 0 Å². The van der Waals surface area contributed by atoms with E-state index in [1.807, 2.05) is 17.0 Å². The number of aliphatic hydroxyl groups is 2. The molecule has 0 radical (unpaired) electrons. The Hall–Kier alpha value is -3.17. The summed E-state index contributed by atoms with van der Waals surface area (Å²) in [5, 5.41) is 26.7. The molecule has 1 fully saturated rings. The Morgan fingerprint density at radius 2 is 2.00 bits per heavy atom. The molecule has 1 aromatic carbocycles. The van der Waals surface area contributed by atoms with E-state index in [1.54, 1.807) is 32.0 Å². The maximum Gasteiger partial charge on any atom is 0.350 e. The highest BCUT2D eigenvalue weighted by atomic mass is 32.2. The smallest absolute Gasteiger partial charge is 0.350 e. The number of esters is 1. The van der Waals surface area contributed by atoms with Crippen LogP contribution in [0.25, 0.3) is 0 Å². The number of aryl methyl sites for hydroxylation is 1. The lowest BCUT2D eigenvalue weighted by Crippen LogP contribution is -2.45. The molecule has 3 unspecified atom stereocenters. The van der Waals surface area contributed by atoms with Crippen molar-refractivity contribution in [3.63, 3.8) is 0 Å². The zero-order valence-electron chi connectivity index (χ0n) is 21.6. The van der Waals surface area contributed by atoms with Crippen molar-refractivity contribution >= 4 is 51.1 Å². The number of carbonyl (C=O) groups excluding carboxylic acids is 1. The summed E-state index contributed by atoms with van der Waals surface area (Å²) in [6.07, 6.45) is -0.0830. The minimum Gasteiger partial charge on any atom is -0.772 e. The van der Waals surface area contributed by atoms with Crippen LogP contribution in [0.15, 0.2) is 30.3 Å². The highest BCUT2D eigenvalue weighted by Gasteiger charge is 2.28. The number of aromatic nitrogens is 3. The van der Waals surface area contributed by atoms with Crippen molar-refractivity contribution in [2.45, 2.75) is 38.7 Å². The molecule has 39 heavy (non-hydrogen) atoms. The molecule has 4 N–H and O–H groups in total. The van der Waals surface area contributed by atoms with Crippen molar-refractivity contribution in [1.82, 2.24) is 15.0 Å². The van der Waals surface area contributed by atoms with Gasteiger partial charge in [-0.2, -0.15) is 9.97 Å². The third kappa shape index (κ3) is 7.70. The van der Waals surface area contributed by atoms with Crippen LogP contribution < -0.4 is 15.5 Å². The molecule has 0 aliphatic carbocycles. The van der Waals surface area contributed by atoms with Gasteiger partial charge in [0.2, 0.25) is 5.95 Å². The molecule has 0 saturated carbocycles. The Morgan fingerprint density at radius 1 is 1.26 bits per heavy atom. The second-order valence-corrected chi connectivity index (χ2v) is 11.0. The molecule has 1 aliphatic heterocycles. The van der Waals surface area contributed by atoms with E-state index in [2.05, 4.69) is 25.6 Å². The molecule has 210 valence electrons. The normalized spacial score (nSPS) is 18.0. The molecular weight excluding hydrogens is 544 g/mol. The lowest BCUT2D eigenvalue weighted by molar-refractivity contribution is 0.0520. The standard InChI is InChI=1S/C25H32N6O6S2/c1-3-37-23(34)22-15(2)27-25(38-22)30-24-28-20(26-11-16-4-6-17(7-5-16)14-39(35)36)10-21(29-24)31-9-8-19(33)18(12-31)13-32/h4-7,10,18-19,32-33H,3,8-9,11-14H2,1-2H3,(H,35,36)(H2,26,27,28,29,30)/p-1. The Kier molecular flexibility index (Phi) is 9.80. The average Bonchev–Trinajstić information content (AvgIpc) is 3.28. The number of hydrogen-bond acceptors (Lipinski definition) is 13. The molecule has 14 heteroatoms. The van der Waals surface area contributed by atoms with Crippen LogP contribution in [-0.2, 0) is 28.1 Å². The zero-order valence-corrected chi connectivity index (χ0v) is 23.3. The molecule has 12 nitrogen and oxygen atoms in total. The summed E-state index contributed by atoms with van der Waals surface area (Å²) in [4.78, 5) is 28.3. The Labute approximate surface area is 232 Å². The minimum absolute atomic E-state index is 0.0362. The number of anilines is 4. The maximum absolute atomic E-state index is 12.2. The van der Waals surface area contributed by atoms with Gasteiger partial charge in [-0.25, -0.2) is 9.78 Å². The van der Waals surface area contributed by atoms with Crippen LogP contribution in [0.4, 0.5) is 22.7 Å². The van der Waals surface area contributed by atoms with E-state index in [0.29, 0.717) is 59.0 Å². The van der Waals surface area contributed by atoms with Crippen molar-refractivity contribution in [1.29, 1.82) is 0 Å². The maximum atomic E-state index is 12.2. The van der Waals surface area contributed by atoms with Gasteiger partial charge in [-0.1, -0.05) is 46.7 Å². The minimum atomic E-state index is -2.15. The molecule has 1 saturated heterocycles. The van der Waals surface area contributed by atoms with E-state index in [1.165, 1.54) is 0 Å². The first-order valence-corrected chi connectivity index (χ1v) is 14.5. The first kappa shape index (κ1) is 28.8. The van der Waals surface area contributed by atoms with Gasteiger partial charge in [0.1, 0.15) is 16.5 Å². The van der Waals surface area contributed by atoms with Crippen molar-refractivity contribution in [3.8, 4) is 0 Å². The van der Waals surface area contributed by atoms with Crippen LogP contribution in [0, 0.1) is 12.8 Å². The van der Waals surface area contributed by atoms with E-state index >= 15 is 0 Å². The van der Waals surface area contributed by atoms with Crippen molar-refractivity contribution < 1.29 is 28.5 Å². The number of piperidine rings is 1. The van der Waals surface area contributed by atoms with Gasteiger partial charge in [-0.15, -0.1) is 0 Å². The summed E-state index contributed by atoms with van der Waals surface area (Å²) in [5.74, 6) is 0.625. The van der Waals surface area contributed by atoms with E-state index in [-0.39, 0.29) is 30.8 Å². The summed E-state index contributed by atoms with van der Waals surface area (Å²) in [6.45, 7) is 5.01. The van der Waals surface area contributed by atoms with Gasteiger partial charge in [-0.05, 0) is 31.4 Å². The summed E-state index contributed by atoms with van der Waals surface area (Å²) < 4.78 is 27.0. The third-order valence-corrected chi connectivity index (χ3v) is 7.84. The molecule has 0 spiro atoms. The zero-order chi connectivity index (χ0) is 27.9. The second kappa shape index (κ2) is 13.3. The average molecular weight is 576 g/mol. The van der Waals surface area contributed by atoms with Crippen LogP contribution in [-0.4, -0.2) is 72.3 Å². The Morgan fingerprint density at radius 3 is 2.69 bits per heavy atom. The van der Waals surface area contributed by atoms with Crippen LogP contribution in [0.2, 0.25) is 0 Å². The number of nitrogens with one attached hydrogen (secondary N) is 2. The highest BCUT2D eigenvalue weighted by molar-refractivity contribution is 7.78. The molecule has 4 rings (SSSR count). The quantitative estimate of drug-likeness (QED) is 0.194. The number of rotatable bonds is 11. The summed E-state index contributed by atoms with van der Waals surface area (Å²) in [5.41, 5.74) is 2.17. The van der Waals surface area contributed by atoms with Crippen molar-refractivity contribution in [3.05, 3.63) is 52.0 Å². The van der Waals surface area contributed by atoms with E-state index < -0.39 is 23.2 Å². The topological polar surface area (TPSA) is 173 Å². The van der Waals surface area contributed by atoms with Crippen molar-refractivity contribution in [2.75, 3.05) is 41.8 Å². The fraction of sp³-hybridized carbons (Fsp3) is 0.440. The van der Waals surface area contributed by atoms with E-state index in [0.717, 1.165) is 16.9 Å². The summed E-state index contributed by atoms with van der Waals surface area (Å²) in [7, 11) is 0. The number of aliphatic hydroxyl groups excluding tert-OH is 2. The predicted octanol–water partition coefficient (Wildman–Crippen LogP) is 2.33. The third-order valence-electron chi connectivity index (χ3n) is 6.22. The Bertz CT molecular complexity index is 1300. The van der Waals surface area contributed by atoms with Crippen LogP contribution in [0.3, 0.4) is 0 Å². The van der Waals surface area contributed by atoms with E-state index in [4.69, 9.17) is 4.74 Å². The van der Waals surface area contributed by atoms with Gasteiger partial charge in [0, 0.05) is 37.4 Å². The van der Waals surface area contributed by atoms with Crippen LogP contribution >= 0.6 is 11.3 Å². The van der Waals surface area contributed by atoms with Gasteiger partial charge < -0.3 is 29.7 Å². The van der Waals surface area contributed by atoms with Gasteiger partial charge in [0.05, 0.1) is 25.0 Å². The number of carbonyl (C=O) groups is 1. The SMILES string of the molecule is CCOC(=O)c1sc(Nc2nc(NCc3ccc(CS(=O)[O-])cc3)cc(N3CCC(O)C(CO)C3)n2)nc1C. The first-order valence-electron chi connectivity index (χ1n) is 12.5. The number of ether oxygens (including phenoxy) is 1. The first-order chi connectivity index (χ1) is 18.7. The molecule has 3 atom stereocenters. The predicted molar refractivity (Wildman–Crippen MR) is 148 cm³/mol. The largest absolute Gasteiger partial charge is 0.772 e. The van der Waals surface area contributed by atoms with Gasteiger partial charge in [0.25, 0.3) is 0 Å². The molecule has 3 aromatic rings. The number of nitrogens with zero attached hydrogens (tertiary/aromatic N) is 4. The summed E-state index contributed by atoms with van der Waals surface area (Å²) >= 11 is -0.998. The lowest BCUT2D eigenvalue weighted by Gasteiger charge is -2.36. The monoisotopic (exact) mass is 575 g/mol. The molecular formula is C25H31N6O6S2-. The van der Waals surface area contributed by atoms with Crippen LogP contribution in [0.1, 0.15) is 39.8 Å². The van der Waals surface area contributed by atoms with Gasteiger partial charge >= 0.3 is 5.97 Å². The molecule has 3 heterocycles. The van der Waals surface area contributed by atoms with Gasteiger partial charge in [-0.3, -0.25) is 9.53 Å². The van der Waals surface area contributed by atoms with Crippen molar-refractivity contribution in [2.24, 2.45) is 5.92 Å². The fourth-order valence-electron chi connectivity index (χ4n) is 4.16. The highest BCUT2D eigenvalue weighted by Crippen LogP contribution is 2.29. The Balaban J connectivity index is 1.57. The molecule has 0 bridgehead atoms. The molecule has 1 aliphatic rings. The molecule has 2 aromatic heterocycles. The number of thiazole rings is 1. The fourth-order valence-corrected chi connectivity index (χ4v) is 5.48. The second-order valence-electron chi connectivity index (χ2n) is 9.08. The summed E-state index contributed by atoms with van der Waals surface area (Å²) in [6, 6.07) is 9.03. The lowest BCUT2D eigenvalue weighted by atomic mass is 9.95. The molecule has 0 amide bonds. The van der Waals surface area contributed by atoms with Gasteiger partial charge in [0.15, 0.2) is 5.13 Å². The number of hydrogen-bond donors (Lipinski definition) is 4.